The summed E-state index contributed by atoms with van der Waals surface area (Å²) >= 11 is 0. The first-order valence-corrected chi connectivity index (χ1v) is 21.0. The third-order valence-corrected chi connectivity index (χ3v) is 16.9. The summed E-state index contributed by atoms with van der Waals surface area (Å²) in [5.41, 5.74) is 2.63. The number of esters is 1. The van der Waals surface area contributed by atoms with Gasteiger partial charge in [0.25, 0.3) is 0 Å². The highest BCUT2D eigenvalue weighted by Gasteiger charge is 2.72. The largest absolute Gasteiger partial charge is 0.481 e. The Bertz CT molecular complexity index is 1590. The zero-order valence-corrected chi connectivity index (χ0v) is 35.8. The van der Waals surface area contributed by atoms with Crippen LogP contribution in [-0.2, 0) is 9.53 Å². The van der Waals surface area contributed by atoms with Gasteiger partial charge < -0.3 is 19.6 Å². The lowest BCUT2D eigenvalue weighted by Crippen LogP contribution is -2.66. The number of carbonyl (C=O) groups is 2. The third kappa shape index (κ3) is 6.56. The van der Waals surface area contributed by atoms with Gasteiger partial charge >= 0.3 is 11.9 Å². The number of aliphatic carboxylic acids is 1. The van der Waals surface area contributed by atoms with Crippen molar-refractivity contribution in [2.75, 3.05) is 40.8 Å². The van der Waals surface area contributed by atoms with Crippen molar-refractivity contribution in [1.29, 1.82) is 0 Å². The van der Waals surface area contributed by atoms with Crippen LogP contribution in [0.2, 0.25) is 0 Å². The van der Waals surface area contributed by atoms with E-state index in [4.69, 9.17) is 4.74 Å². The highest BCUT2D eigenvalue weighted by Crippen LogP contribution is 2.78. The zero-order valence-electron chi connectivity index (χ0n) is 35.8. The average Bonchev–Trinajstić information content (AvgIpc) is 3.45. The molecule has 6 nitrogen and oxygen atoms in total. The Hall–Kier alpha value is -2.18. The van der Waals surface area contributed by atoms with E-state index in [0.29, 0.717) is 29.2 Å². The number of benzene rings is 1. The van der Waals surface area contributed by atoms with Crippen LogP contribution in [-0.4, -0.2) is 73.2 Å². The second kappa shape index (κ2) is 13.5. The van der Waals surface area contributed by atoms with Gasteiger partial charge in [-0.3, -0.25) is 4.79 Å². The lowest BCUT2D eigenvalue weighted by Gasteiger charge is -2.72. The fraction of sp³-hybridized carbons (Fsp3) is 0.787. The maximum Gasteiger partial charge on any atom is 0.338 e. The van der Waals surface area contributed by atoms with Crippen molar-refractivity contribution < 1.29 is 19.4 Å². The molecule has 5 aliphatic rings. The number of allylic oxidation sites excluding steroid dienone is 2. The number of carboxylic acid groups (broad SMARTS) is 1. The summed E-state index contributed by atoms with van der Waals surface area (Å²) < 4.78 is 5.65. The Morgan fingerprint density at radius 2 is 1.47 bits per heavy atom. The molecule has 0 heterocycles. The first kappa shape index (κ1) is 40.5. The molecule has 6 heteroatoms. The second-order valence-electron chi connectivity index (χ2n) is 22.0. The van der Waals surface area contributed by atoms with E-state index in [1.54, 1.807) is 0 Å². The van der Waals surface area contributed by atoms with E-state index in [0.717, 1.165) is 58.2 Å². The number of likely N-dealkylation sites (N-methyl/N-ethyl adjacent to an activating group) is 2. The maximum atomic E-state index is 13.5. The predicted molar refractivity (Wildman–Crippen MR) is 217 cm³/mol. The molecular weight excluding hydrogens is 657 g/mol. The first-order chi connectivity index (χ1) is 24.4. The van der Waals surface area contributed by atoms with Crippen LogP contribution < -0.4 is 0 Å². The fourth-order valence-electron chi connectivity index (χ4n) is 14.3. The van der Waals surface area contributed by atoms with Gasteiger partial charge in [0.15, 0.2) is 0 Å². The smallest absolute Gasteiger partial charge is 0.338 e. The van der Waals surface area contributed by atoms with E-state index >= 15 is 0 Å². The molecule has 0 amide bonds. The molecule has 1 aromatic carbocycles. The van der Waals surface area contributed by atoms with Gasteiger partial charge in [-0.05, 0) is 180 Å². The molecule has 4 saturated carbocycles. The molecule has 0 spiro atoms. The first-order valence-electron chi connectivity index (χ1n) is 21.0. The van der Waals surface area contributed by atoms with Crippen molar-refractivity contribution in [2.45, 2.75) is 133 Å². The lowest BCUT2D eigenvalue weighted by molar-refractivity contribution is -0.232. The summed E-state index contributed by atoms with van der Waals surface area (Å²) in [5.74, 6) is 1.46. The Balaban J connectivity index is 1.29. The number of rotatable bonds is 9. The molecule has 1 N–H and O–H groups in total. The average molecular weight is 731 g/mol. The quantitative estimate of drug-likeness (QED) is 0.255. The summed E-state index contributed by atoms with van der Waals surface area (Å²) in [6.45, 7) is 26.6. The zero-order chi connectivity index (χ0) is 39.2. The van der Waals surface area contributed by atoms with Gasteiger partial charge in [0.2, 0.25) is 0 Å². The molecule has 53 heavy (non-hydrogen) atoms. The maximum absolute atomic E-state index is 13.5. The normalized spacial score (nSPS) is 38.0. The van der Waals surface area contributed by atoms with E-state index in [-0.39, 0.29) is 39.0 Å². The number of hydrogen-bond acceptors (Lipinski definition) is 5. The SMILES string of the molecule is CN(C)CCN(C)CC(C)(C)C1CCC2(C(=O)O)CCC3(C)C(CCC4C5(C)CC=C(c6ccc(C(=O)OC(C)(C)C)cc6)C(C)(C)C5CCC43C)C12. The molecule has 6 rings (SSSR count). The number of carboxylic acids is 1. The predicted octanol–water partition coefficient (Wildman–Crippen LogP) is 10.3. The number of nitrogens with zero attached hydrogens (tertiary/aromatic N) is 2. The van der Waals surface area contributed by atoms with Gasteiger partial charge in [-0.25, -0.2) is 4.79 Å². The van der Waals surface area contributed by atoms with Crippen LogP contribution in [0.1, 0.15) is 143 Å². The van der Waals surface area contributed by atoms with Crippen LogP contribution in [0, 0.1) is 62.1 Å². The van der Waals surface area contributed by atoms with E-state index in [1.807, 2.05) is 32.9 Å². The third-order valence-electron chi connectivity index (χ3n) is 16.9. The molecule has 0 radical (unpaired) electrons. The van der Waals surface area contributed by atoms with Crippen molar-refractivity contribution in [2.24, 2.45) is 62.1 Å². The highest BCUT2D eigenvalue weighted by molar-refractivity contribution is 5.90. The van der Waals surface area contributed by atoms with Crippen LogP contribution >= 0.6 is 0 Å². The minimum absolute atomic E-state index is 0.0102. The van der Waals surface area contributed by atoms with Gasteiger partial charge in [0, 0.05) is 19.6 Å². The van der Waals surface area contributed by atoms with Crippen molar-refractivity contribution in [3.05, 3.63) is 41.5 Å². The van der Waals surface area contributed by atoms with E-state index < -0.39 is 17.0 Å². The van der Waals surface area contributed by atoms with Gasteiger partial charge in [-0.2, -0.15) is 0 Å². The summed E-state index contributed by atoms with van der Waals surface area (Å²) in [5, 5.41) is 11.1. The van der Waals surface area contributed by atoms with Crippen LogP contribution in [0.15, 0.2) is 30.3 Å². The Morgan fingerprint density at radius 1 is 0.811 bits per heavy atom. The minimum Gasteiger partial charge on any atom is -0.481 e. The molecule has 1 aromatic rings. The standard InChI is InChI=1S/C47H74N2O4/c1-41(2,3)53-39(50)32-16-14-31(15-17-32)33-20-23-44(8)36(43(33,6)7)22-24-46(10)37(44)19-18-35-38-34(42(4,5)30-49(13)29-28-48(11)12)21-25-47(38,40(51)52)27-26-45(35,46)9/h14-17,20,34-38H,18-19,21-30H2,1-13H3,(H,51,52). The molecule has 9 unspecified atom stereocenters. The highest BCUT2D eigenvalue weighted by atomic mass is 16.6. The van der Waals surface area contributed by atoms with E-state index in [2.05, 4.69) is 97.6 Å². The number of ether oxygens (including phenoxy) is 1. The van der Waals surface area contributed by atoms with Gasteiger partial charge in [0.05, 0.1) is 11.0 Å². The number of carbonyl (C=O) groups excluding carboxylic acids is 1. The molecule has 0 saturated heterocycles. The monoisotopic (exact) mass is 731 g/mol. The molecule has 5 aliphatic carbocycles. The van der Waals surface area contributed by atoms with Gasteiger partial charge in [0.1, 0.15) is 5.60 Å². The van der Waals surface area contributed by atoms with Crippen LogP contribution in [0.25, 0.3) is 5.57 Å². The van der Waals surface area contributed by atoms with Crippen LogP contribution in [0.4, 0.5) is 0 Å². The van der Waals surface area contributed by atoms with E-state index in [1.165, 1.54) is 30.4 Å². The molecular formula is C47H74N2O4. The lowest BCUT2D eigenvalue weighted by atomic mass is 9.32. The van der Waals surface area contributed by atoms with Crippen molar-refractivity contribution >= 4 is 17.5 Å². The molecule has 4 fully saturated rings. The van der Waals surface area contributed by atoms with Crippen molar-refractivity contribution in [3.63, 3.8) is 0 Å². The topological polar surface area (TPSA) is 70.1 Å². The molecule has 0 bridgehead atoms. The molecule has 9 atom stereocenters. The van der Waals surface area contributed by atoms with Crippen LogP contribution in [0.5, 0.6) is 0 Å². The van der Waals surface area contributed by atoms with Crippen molar-refractivity contribution in [3.8, 4) is 0 Å². The second-order valence-corrected chi connectivity index (χ2v) is 22.0. The van der Waals surface area contributed by atoms with E-state index in [9.17, 15) is 14.7 Å². The summed E-state index contributed by atoms with van der Waals surface area (Å²) in [6, 6.07) is 8.14. The molecule has 296 valence electrons. The summed E-state index contributed by atoms with van der Waals surface area (Å²) in [6.07, 6.45) is 12.2. The van der Waals surface area contributed by atoms with Gasteiger partial charge in [-0.15, -0.1) is 0 Å². The van der Waals surface area contributed by atoms with Gasteiger partial charge in [-0.1, -0.05) is 66.7 Å². The molecule has 0 aliphatic heterocycles. The van der Waals surface area contributed by atoms with Crippen molar-refractivity contribution in [1.82, 2.24) is 9.80 Å². The summed E-state index contributed by atoms with van der Waals surface area (Å²) in [7, 11) is 6.54. The Kier molecular flexibility index (Phi) is 10.3. The fourth-order valence-corrected chi connectivity index (χ4v) is 14.3. The number of hydrogen-bond donors (Lipinski definition) is 1. The minimum atomic E-state index is -0.581. The summed E-state index contributed by atoms with van der Waals surface area (Å²) in [4.78, 5) is 31.0. The Morgan fingerprint density at radius 3 is 2.08 bits per heavy atom. The molecule has 0 aromatic heterocycles. The number of fused-ring (bicyclic) bond motifs is 7. The van der Waals surface area contributed by atoms with Crippen LogP contribution in [0.3, 0.4) is 0 Å². The Labute approximate surface area is 322 Å².